The average Bonchev–Trinajstić information content (AvgIpc) is 2.24. The lowest BCUT2D eigenvalue weighted by Crippen LogP contribution is -2.16. The number of carbonyl (C=O) groups is 1. The molecule has 1 aromatic carbocycles. The fraction of sp³-hybridized carbons (Fsp3) is 0. The Morgan fingerprint density at radius 3 is 1.79 bits per heavy atom. The second-order valence-electron chi connectivity index (χ2n) is 3.24. The van der Waals surface area contributed by atoms with E-state index in [-0.39, 0.29) is 0 Å². The van der Waals surface area contributed by atoms with Crippen LogP contribution in [-0.2, 0) is 20.2 Å². The number of hydrogen-bond acceptors (Lipinski definition) is 7. The summed E-state index contributed by atoms with van der Waals surface area (Å²) in [6.07, 6.45) is 0. The second-order valence-corrected chi connectivity index (χ2v) is 6.02. The molecule has 0 aliphatic rings. The standard InChI is InChI=1S/C7H8N2O8S2/c8-9-4-2-6(19(15,16)17)5(18(12,13)14)1-3(4)7(10)11/h1-2,9H,8H2,(H,10,11)(H,12,13,14)(H,15,16,17). The van der Waals surface area contributed by atoms with Crippen LogP contribution >= 0.6 is 0 Å². The van der Waals surface area contributed by atoms with Gasteiger partial charge in [-0.25, -0.2) is 4.79 Å². The summed E-state index contributed by atoms with van der Waals surface area (Å²) in [5, 5.41) is 8.80. The summed E-state index contributed by atoms with van der Waals surface area (Å²) in [5.41, 5.74) is 0.664. The molecule has 12 heteroatoms. The Morgan fingerprint density at radius 2 is 1.47 bits per heavy atom. The third-order valence-electron chi connectivity index (χ3n) is 2.03. The van der Waals surface area contributed by atoms with E-state index in [0.717, 1.165) is 0 Å². The molecule has 0 saturated heterocycles. The molecule has 0 saturated carbocycles. The van der Waals surface area contributed by atoms with Crippen LogP contribution in [0.2, 0.25) is 0 Å². The summed E-state index contributed by atoms with van der Waals surface area (Å²) in [4.78, 5) is 8.36. The van der Waals surface area contributed by atoms with Gasteiger partial charge in [-0.1, -0.05) is 0 Å². The van der Waals surface area contributed by atoms with Gasteiger partial charge in [-0.2, -0.15) is 16.8 Å². The molecule has 0 atom stereocenters. The molecule has 10 nitrogen and oxygen atoms in total. The van der Waals surface area contributed by atoms with Crippen molar-refractivity contribution in [3.63, 3.8) is 0 Å². The average molecular weight is 312 g/mol. The lowest BCUT2D eigenvalue weighted by Gasteiger charge is -2.10. The van der Waals surface area contributed by atoms with Crippen LogP contribution in [0, 0.1) is 0 Å². The van der Waals surface area contributed by atoms with E-state index in [9.17, 15) is 21.6 Å². The quantitative estimate of drug-likeness (QED) is 0.267. The summed E-state index contributed by atoms with van der Waals surface area (Å²) in [6, 6.07) is 0.831. The number of nitrogen functional groups attached to an aromatic ring is 1. The molecule has 0 aliphatic carbocycles. The van der Waals surface area contributed by atoms with Crippen molar-refractivity contribution in [3.05, 3.63) is 17.7 Å². The third-order valence-corrected chi connectivity index (χ3v) is 3.94. The van der Waals surface area contributed by atoms with Gasteiger partial charge in [-0.05, 0) is 12.1 Å². The minimum Gasteiger partial charge on any atom is -0.478 e. The molecule has 0 aliphatic heterocycles. The Balaban J connectivity index is 3.89. The Labute approximate surface area is 107 Å². The molecule has 0 fully saturated rings. The van der Waals surface area contributed by atoms with Crippen molar-refractivity contribution in [2.24, 2.45) is 5.84 Å². The van der Waals surface area contributed by atoms with Crippen molar-refractivity contribution in [2.45, 2.75) is 9.79 Å². The highest BCUT2D eigenvalue weighted by Crippen LogP contribution is 2.28. The molecule has 106 valence electrons. The molecule has 0 unspecified atom stereocenters. The van der Waals surface area contributed by atoms with Gasteiger partial charge in [-0.15, -0.1) is 0 Å². The number of nitrogens with two attached hydrogens (primary N) is 1. The largest absolute Gasteiger partial charge is 0.478 e. The first-order chi connectivity index (χ1) is 8.48. The highest BCUT2D eigenvalue weighted by molar-refractivity contribution is 7.89. The first-order valence-corrected chi connectivity index (χ1v) is 7.19. The predicted octanol–water partition coefficient (Wildman–Crippen LogP) is -0.836. The molecule has 0 aromatic heterocycles. The normalized spacial score (nSPS) is 12.2. The lowest BCUT2D eigenvalue weighted by molar-refractivity contribution is 0.0697. The minimum absolute atomic E-state index is 0.357. The van der Waals surface area contributed by atoms with Crippen molar-refractivity contribution in [1.29, 1.82) is 0 Å². The van der Waals surface area contributed by atoms with E-state index >= 15 is 0 Å². The molecule has 0 radical (unpaired) electrons. The van der Waals surface area contributed by atoms with Gasteiger partial charge in [0.05, 0.1) is 11.3 Å². The summed E-state index contributed by atoms with van der Waals surface area (Å²) in [5.74, 6) is 3.33. The van der Waals surface area contributed by atoms with Gasteiger partial charge in [0, 0.05) is 0 Å². The van der Waals surface area contributed by atoms with E-state index in [0.29, 0.717) is 12.1 Å². The van der Waals surface area contributed by atoms with Crippen LogP contribution < -0.4 is 11.3 Å². The Morgan fingerprint density at radius 1 is 1.05 bits per heavy atom. The number of carboxylic acid groups (broad SMARTS) is 1. The molecule has 19 heavy (non-hydrogen) atoms. The summed E-state index contributed by atoms with van der Waals surface area (Å²) in [6.45, 7) is 0. The predicted molar refractivity (Wildman–Crippen MR) is 60.8 cm³/mol. The van der Waals surface area contributed by atoms with Gasteiger partial charge < -0.3 is 10.5 Å². The first-order valence-electron chi connectivity index (χ1n) is 4.31. The van der Waals surface area contributed by atoms with Crippen LogP contribution in [0.1, 0.15) is 10.4 Å². The molecule has 1 aromatic rings. The SMILES string of the molecule is NNc1cc(S(=O)(=O)O)c(S(=O)(=O)O)cc1C(=O)O. The van der Waals surface area contributed by atoms with Crippen molar-refractivity contribution in [2.75, 3.05) is 5.43 Å². The number of carboxylic acids is 1. The lowest BCUT2D eigenvalue weighted by atomic mass is 10.2. The van der Waals surface area contributed by atoms with Gasteiger partial charge in [0.15, 0.2) is 0 Å². The fourth-order valence-corrected chi connectivity index (χ4v) is 3.05. The maximum Gasteiger partial charge on any atom is 0.337 e. The highest BCUT2D eigenvalue weighted by Gasteiger charge is 2.27. The van der Waals surface area contributed by atoms with Gasteiger partial charge in [0.2, 0.25) is 0 Å². The summed E-state index contributed by atoms with van der Waals surface area (Å²) in [7, 11) is -10.1. The molecule has 0 amide bonds. The molecule has 6 N–H and O–H groups in total. The van der Waals surface area contributed by atoms with Gasteiger partial charge >= 0.3 is 5.97 Å². The topological polar surface area (TPSA) is 184 Å². The van der Waals surface area contributed by atoms with Crippen LogP contribution in [0.3, 0.4) is 0 Å². The third kappa shape index (κ3) is 3.18. The molecule has 0 spiro atoms. The fourth-order valence-electron chi connectivity index (χ4n) is 1.26. The number of anilines is 1. The van der Waals surface area contributed by atoms with Crippen LogP contribution in [0.4, 0.5) is 5.69 Å². The van der Waals surface area contributed by atoms with Crippen molar-refractivity contribution >= 4 is 31.9 Å². The Hall–Kier alpha value is -1.73. The Kier molecular flexibility index (Phi) is 3.83. The molecular weight excluding hydrogens is 304 g/mol. The number of hydrogen-bond donors (Lipinski definition) is 5. The number of benzene rings is 1. The molecule has 1 rings (SSSR count). The van der Waals surface area contributed by atoms with E-state index in [4.69, 9.17) is 20.1 Å². The van der Waals surface area contributed by atoms with Gasteiger partial charge in [0.1, 0.15) is 9.79 Å². The van der Waals surface area contributed by atoms with Gasteiger partial charge in [-0.3, -0.25) is 14.9 Å². The Bertz CT molecular complexity index is 737. The molecular formula is C7H8N2O8S2. The zero-order valence-electron chi connectivity index (χ0n) is 8.93. The van der Waals surface area contributed by atoms with E-state index in [2.05, 4.69) is 0 Å². The maximum atomic E-state index is 11.0. The number of rotatable bonds is 4. The number of hydrazine groups is 1. The molecule has 0 bridgehead atoms. The van der Waals surface area contributed by atoms with Crippen molar-refractivity contribution < 1.29 is 35.8 Å². The highest BCUT2D eigenvalue weighted by atomic mass is 32.2. The van der Waals surface area contributed by atoms with Crippen LogP contribution in [0.15, 0.2) is 21.9 Å². The zero-order valence-corrected chi connectivity index (χ0v) is 10.6. The minimum atomic E-state index is -5.07. The number of aromatic carboxylic acids is 1. The maximum absolute atomic E-state index is 11.0. The van der Waals surface area contributed by atoms with E-state index in [1.807, 2.05) is 5.43 Å². The van der Waals surface area contributed by atoms with Crippen molar-refractivity contribution in [3.8, 4) is 0 Å². The van der Waals surface area contributed by atoms with Crippen LogP contribution in [-0.4, -0.2) is 37.0 Å². The van der Waals surface area contributed by atoms with Crippen LogP contribution in [0.5, 0.6) is 0 Å². The monoisotopic (exact) mass is 312 g/mol. The van der Waals surface area contributed by atoms with Gasteiger partial charge in [0.25, 0.3) is 20.2 Å². The van der Waals surface area contributed by atoms with E-state index < -0.39 is 47.2 Å². The number of nitrogens with one attached hydrogen (secondary N) is 1. The van der Waals surface area contributed by atoms with E-state index in [1.54, 1.807) is 0 Å². The summed E-state index contributed by atoms with van der Waals surface area (Å²) < 4.78 is 61.8. The van der Waals surface area contributed by atoms with Crippen molar-refractivity contribution in [1.82, 2.24) is 0 Å². The smallest absolute Gasteiger partial charge is 0.337 e. The summed E-state index contributed by atoms with van der Waals surface area (Å²) >= 11 is 0. The first kappa shape index (κ1) is 15.3. The molecule has 0 heterocycles. The second kappa shape index (κ2) is 4.75. The van der Waals surface area contributed by atoms with E-state index in [1.165, 1.54) is 0 Å². The zero-order chi connectivity index (χ0) is 15.0. The van der Waals surface area contributed by atoms with Crippen LogP contribution in [0.25, 0.3) is 0 Å².